The number of carbonyl (C=O) groups is 1. The Hall–Kier alpha value is -2.02. The van der Waals surface area contributed by atoms with Crippen LogP contribution in [0.15, 0.2) is 18.2 Å². The predicted octanol–water partition coefficient (Wildman–Crippen LogP) is 1.53. The van der Waals surface area contributed by atoms with Crippen LogP contribution in [0.5, 0.6) is 0 Å². The zero-order valence-corrected chi connectivity index (χ0v) is 10.4. The van der Waals surface area contributed by atoms with Crippen molar-refractivity contribution in [3.8, 4) is 0 Å². The van der Waals surface area contributed by atoms with Crippen molar-refractivity contribution in [2.45, 2.75) is 6.92 Å². The van der Waals surface area contributed by atoms with E-state index in [0.717, 1.165) is 25.2 Å². The number of carbonyl (C=O) groups excluding carboxylic acids is 1. The molecular weight excluding hydrogens is 253 g/mol. The van der Waals surface area contributed by atoms with Crippen molar-refractivity contribution in [2.24, 2.45) is 11.8 Å². The van der Waals surface area contributed by atoms with E-state index in [1.807, 2.05) is 6.92 Å². The zero-order valence-electron chi connectivity index (χ0n) is 10.4. The van der Waals surface area contributed by atoms with Gasteiger partial charge < -0.3 is 10.6 Å². The summed E-state index contributed by atoms with van der Waals surface area (Å²) in [6, 6.07) is 3.33. The van der Waals surface area contributed by atoms with Crippen LogP contribution in [0, 0.1) is 27.8 Å². The Morgan fingerprint density at radius 1 is 1.58 bits per heavy atom. The van der Waals surface area contributed by atoms with Gasteiger partial charge in [-0.15, -0.1) is 0 Å². The van der Waals surface area contributed by atoms with Gasteiger partial charge in [0.1, 0.15) is 0 Å². The standard InChI is InChI=1S/C12H14FN3O3/c1-7(8-5-14-6-8)12(17)15-9-2-3-11(16(18)19)10(13)4-9/h2-4,7-8,14H,5-6H2,1H3,(H,15,17). The van der Waals surface area contributed by atoms with Crippen LogP contribution in [-0.2, 0) is 4.79 Å². The molecule has 1 atom stereocenters. The van der Waals surface area contributed by atoms with Gasteiger partial charge in [-0.2, -0.15) is 4.39 Å². The number of nitrogens with one attached hydrogen (secondary N) is 2. The van der Waals surface area contributed by atoms with Crippen molar-refractivity contribution in [3.05, 3.63) is 34.1 Å². The second kappa shape index (κ2) is 5.31. The monoisotopic (exact) mass is 267 g/mol. The van der Waals surface area contributed by atoms with E-state index in [0.29, 0.717) is 0 Å². The lowest BCUT2D eigenvalue weighted by Crippen LogP contribution is -2.48. The first-order chi connectivity index (χ1) is 8.99. The molecule has 1 unspecified atom stereocenters. The molecule has 0 aliphatic carbocycles. The summed E-state index contributed by atoms with van der Waals surface area (Å²) < 4.78 is 13.4. The minimum atomic E-state index is -0.958. The molecule has 1 aromatic carbocycles. The maximum atomic E-state index is 13.4. The number of rotatable bonds is 4. The minimum absolute atomic E-state index is 0.181. The molecule has 1 aromatic rings. The first-order valence-electron chi connectivity index (χ1n) is 5.94. The molecule has 19 heavy (non-hydrogen) atoms. The van der Waals surface area contributed by atoms with Crippen LogP contribution < -0.4 is 10.6 Å². The molecule has 2 rings (SSSR count). The smallest absolute Gasteiger partial charge is 0.304 e. The van der Waals surface area contributed by atoms with Gasteiger partial charge in [0.2, 0.25) is 11.7 Å². The van der Waals surface area contributed by atoms with Gasteiger partial charge in [0.15, 0.2) is 0 Å². The summed E-state index contributed by atoms with van der Waals surface area (Å²) in [7, 11) is 0. The van der Waals surface area contributed by atoms with Crippen molar-refractivity contribution in [1.82, 2.24) is 5.32 Å². The number of hydrogen-bond acceptors (Lipinski definition) is 4. The quantitative estimate of drug-likeness (QED) is 0.640. The van der Waals surface area contributed by atoms with Gasteiger partial charge in [-0.3, -0.25) is 14.9 Å². The molecule has 0 saturated carbocycles. The number of amides is 1. The van der Waals surface area contributed by atoms with Gasteiger partial charge in [-0.25, -0.2) is 0 Å². The van der Waals surface area contributed by atoms with Crippen molar-refractivity contribution in [1.29, 1.82) is 0 Å². The molecule has 1 fully saturated rings. The molecule has 0 radical (unpaired) electrons. The summed E-state index contributed by atoms with van der Waals surface area (Å²) in [4.78, 5) is 21.6. The highest BCUT2D eigenvalue weighted by Gasteiger charge is 2.28. The second-order valence-corrected chi connectivity index (χ2v) is 4.62. The molecule has 1 aliphatic rings. The van der Waals surface area contributed by atoms with Crippen LogP contribution in [0.1, 0.15) is 6.92 Å². The number of nitro benzene ring substituents is 1. The maximum Gasteiger partial charge on any atom is 0.304 e. The van der Waals surface area contributed by atoms with E-state index in [1.54, 1.807) is 0 Å². The van der Waals surface area contributed by atoms with Crippen molar-refractivity contribution in [3.63, 3.8) is 0 Å². The van der Waals surface area contributed by atoms with Crippen molar-refractivity contribution >= 4 is 17.3 Å². The summed E-state index contributed by atoms with van der Waals surface area (Å²) in [5, 5.41) is 16.1. The lowest BCUT2D eigenvalue weighted by molar-refractivity contribution is -0.387. The normalized spacial score (nSPS) is 16.5. The third-order valence-electron chi connectivity index (χ3n) is 3.35. The molecule has 1 heterocycles. The third kappa shape index (κ3) is 2.87. The van der Waals surface area contributed by atoms with E-state index < -0.39 is 16.4 Å². The maximum absolute atomic E-state index is 13.4. The molecular formula is C12H14FN3O3. The highest BCUT2D eigenvalue weighted by atomic mass is 19.1. The van der Waals surface area contributed by atoms with Crippen LogP contribution in [0.4, 0.5) is 15.8 Å². The molecule has 1 amide bonds. The van der Waals surface area contributed by atoms with E-state index >= 15 is 0 Å². The molecule has 1 aliphatic heterocycles. The SMILES string of the molecule is CC(C(=O)Nc1ccc([N+](=O)[O-])c(F)c1)C1CNC1. The lowest BCUT2D eigenvalue weighted by Gasteiger charge is -2.31. The fourth-order valence-electron chi connectivity index (χ4n) is 1.87. The Kier molecular flexibility index (Phi) is 3.75. The Bertz CT molecular complexity index is 517. The van der Waals surface area contributed by atoms with Crippen molar-refractivity contribution < 1.29 is 14.1 Å². The molecule has 1 saturated heterocycles. The number of nitro groups is 1. The first-order valence-corrected chi connectivity index (χ1v) is 5.94. The third-order valence-corrected chi connectivity index (χ3v) is 3.35. The van der Waals surface area contributed by atoms with E-state index in [-0.39, 0.29) is 23.4 Å². The van der Waals surface area contributed by atoms with Crippen LogP contribution in [0.2, 0.25) is 0 Å². The topological polar surface area (TPSA) is 84.3 Å². The summed E-state index contributed by atoms with van der Waals surface area (Å²) in [6.07, 6.45) is 0. The van der Waals surface area contributed by atoms with Crippen LogP contribution in [0.3, 0.4) is 0 Å². The van der Waals surface area contributed by atoms with Gasteiger partial charge in [0, 0.05) is 23.7 Å². The fourth-order valence-corrected chi connectivity index (χ4v) is 1.87. The number of halogens is 1. The minimum Gasteiger partial charge on any atom is -0.326 e. The van der Waals surface area contributed by atoms with E-state index in [1.165, 1.54) is 6.07 Å². The van der Waals surface area contributed by atoms with Gasteiger partial charge in [0.25, 0.3) is 0 Å². The summed E-state index contributed by atoms with van der Waals surface area (Å²) in [5.41, 5.74) is -0.374. The van der Waals surface area contributed by atoms with Crippen LogP contribution in [0.25, 0.3) is 0 Å². The Balaban J connectivity index is 2.04. The van der Waals surface area contributed by atoms with Gasteiger partial charge in [-0.1, -0.05) is 6.92 Å². The van der Waals surface area contributed by atoms with Crippen LogP contribution in [-0.4, -0.2) is 23.9 Å². The van der Waals surface area contributed by atoms with E-state index in [4.69, 9.17) is 0 Å². The summed E-state index contributed by atoms with van der Waals surface area (Å²) in [6.45, 7) is 3.40. The molecule has 7 heteroatoms. The first kappa shape index (κ1) is 13.4. The molecule has 0 spiro atoms. The van der Waals surface area contributed by atoms with Crippen LogP contribution >= 0.6 is 0 Å². The fraction of sp³-hybridized carbons (Fsp3) is 0.417. The van der Waals surface area contributed by atoms with Gasteiger partial charge in [0.05, 0.1) is 4.92 Å². The van der Waals surface area contributed by atoms with Gasteiger partial charge >= 0.3 is 5.69 Å². The highest BCUT2D eigenvalue weighted by Crippen LogP contribution is 2.22. The second-order valence-electron chi connectivity index (χ2n) is 4.62. The lowest BCUT2D eigenvalue weighted by atomic mass is 9.88. The number of hydrogen-bond donors (Lipinski definition) is 2. The van der Waals surface area contributed by atoms with Gasteiger partial charge in [-0.05, 0) is 25.1 Å². The average Bonchev–Trinajstić information content (AvgIpc) is 2.25. The Morgan fingerprint density at radius 3 is 2.74 bits per heavy atom. The Labute approximate surface area is 109 Å². The average molecular weight is 267 g/mol. The highest BCUT2D eigenvalue weighted by molar-refractivity contribution is 5.92. The Morgan fingerprint density at radius 2 is 2.26 bits per heavy atom. The molecule has 0 aromatic heterocycles. The predicted molar refractivity (Wildman–Crippen MR) is 67.2 cm³/mol. The largest absolute Gasteiger partial charge is 0.326 e. The number of anilines is 1. The number of nitrogens with zero attached hydrogens (tertiary/aromatic N) is 1. The zero-order chi connectivity index (χ0) is 14.0. The molecule has 102 valence electrons. The summed E-state index contributed by atoms with van der Waals surface area (Å²) in [5.74, 6) is -1.07. The van der Waals surface area contributed by atoms with E-state index in [9.17, 15) is 19.3 Å². The summed E-state index contributed by atoms with van der Waals surface area (Å²) >= 11 is 0. The molecule has 0 bridgehead atoms. The molecule has 2 N–H and O–H groups in total. The molecule has 6 nitrogen and oxygen atoms in total. The van der Waals surface area contributed by atoms with E-state index in [2.05, 4.69) is 10.6 Å². The van der Waals surface area contributed by atoms with Crippen molar-refractivity contribution in [2.75, 3.05) is 18.4 Å². The number of benzene rings is 1.